The number of hydrogen-bond donors (Lipinski definition) is 2. The van der Waals surface area contributed by atoms with Gasteiger partial charge >= 0.3 is 0 Å². The van der Waals surface area contributed by atoms with Crippen LogP contribution >= 0.6 is 0 Å². The summed E-state index contributed by atoms with van der Waals surface area (Å²) in [6, 6.07) is 0. The number of aryl methyl sites for hydroxylation is 1. The van der Waals surface area contributed by atoms with E-state index in [0.29, 0.717) is 5.82 Å². The van der Waals surface area contributed by atoms with Gasteiger partial charge in [-0.05, 0) is 6.92 Å². The first-order chi connectivity index (χ1) is 4.68. The topological polar surface area (TPSA) is 71.8 Å². The molecular weight excluding hydrogens is 130 g/mol. The molecule has 1 aromatic heterocycles. The van der Waals surface area contributed by atoms with Crippen LogP contribution in [0.5, 0.6) is 0 Å². The van der Waals surface area contributed by atoms with Gasteiger partial charge in [0, 0.05) is 11.9 Å². The number of nitrogens with two attached hydrogens (primary N) is 1. The fraction of sp³-hybridized carbons (Fsp3) is 0.333. The van der Waals surface area contributed by atoms with E-state index in [4.69, 9.17) is 5.73 Å². The van der Waals surface area contributed by atoms with Crippen LogP contribution in [-0.2, 0) is 11.2 Å². The summed E-state index contributed by atoms with van der Waals surface area (Å²) in [7, 11) is 0. The molecule has 0 aliphatic carbocycles. The summed E-state index contributed by atoms with van der Waals surface area (Å²) in [5.41, 5.74) is 5.88. The Labute approximate surface area is 58.5 Å². The van der Waals surface area contributed by atoms with Crippen LogP contribution in [0.3, 0.4) is 0 Å². The number of carbonyl (C=O) groups is 1. The highest BCUT2D eigenvalue weighted by molar-refractivity contribution is 5.75. The van der Waals surface area contributed by atoms with Gasteiger partial charge in [0.25, 0.3) is 0 Å². The number of nitrogens with one attached hydrogen (secondary N) is 1. The Morgan fingerprint density at radius 1 is 1.90 bits per heavy atom. The molecule has 1 rings (SSSR count). The minimum absolute atomic E-state index is 0.188. The molecule has 10 heavy (non-hydrogen) atoms. The molecule has 1 aromatic rings. The lowest BCUT2D eigenvalue weighted by Gasteiger charge is -1.87. The lowest BCUT2D eigenvalue weighted by atomic mass is 10.4. The van der Waals surface area contributed by atoms with Crippen molar-refractivity contribution in [1.29, 1.82) is 0 Å². The molecule has 0 saturated heterocycles. The number of rotatable bonds is 2. The molecule has 0 unspecified atom stereocenters. The quantitative estimate of drug-likeness (QED) is 0.592. The first-order valence-electron chi connectivity index (χ1n) is 2.97. The second-order valence-electron chi connectivity index (χ2n) is 2.16. The number of aromatic nitrogens is 2. The standard InChI is InChI=1S/C6H9N3O/c1-4-3-8-6(9-4)2-5(7)10/h3H,2H2,1H3,(H2,7,10)(H,8,9). The Balaban J connectivity index is 2.67. The molecule has 1 heterocycles. The predicted molar refractivity (Wildman–Crippen MR) is 36.2 cm³/mol. The monoisotopic (exact) mass is 139 g/mol. The molecule has 4 nitrogen and oxygen atoms in total. The summed E-state index contributed by atoms with van der Waals surface area (Å²) in [5.74, 6) is 0.263. The third kappa shape index (κ3) is 1.58. The van der Waals surface area contributed by atoms with Gasteiger partial charge in [-0.25, -0.2) is 4.98 Å². The van der Waals surface area contributed by atoms with Gasteiger partial charge in [0.2, 0.25) is 5.91 Å². The fourth-order valence-corrected chi connectivity index (χ4v) is 0.722. The maximum absolute atomic E-state index is 10.3. The molecule has 54 valence electrons. The van der Waals surface area contributed by atoms with Gasteiger partial charge in [-0.1, -0.05) is 0 Å². The van der Waals surface area contributed by atoms with Crippen LogP contribution in [0.2, 0.25) is 0 Å². The van der Waals surface area contributed by atoms with Crippen molar-refractivity contribution >= 4 is 5.91 Å². The van der Waals surface area contributed by atoms with Gasteiger partial charge < -0.3 is 10.7 Å². The third-order valence-electron chi connectivity index (χ3n) is 1.10. The second-order valence-corrected chi connectivity index (χ2v) is 2.16. The highest BCUT2D eigenvalue weighted by Gasteiger charge is 1.99. The highest BCUT2D eigenvalue weighted by atomic mass is 16.1. The lowest BCUT2D eigenvalue weighted by molar-refractivity contribution is -0.117. The largest absolute Gasteiger partial charge is 0.369 e. The first kappa shape index (κ1) is 6.80. The van der Waals surface area contributed by atoms with Crippen LogP contribution in [0.25, 0.3) is 0 Å². The van der Waals surface area contributed by atoms with Crippen LogP contribution in [0.1, 0.15) is 11.5 Å². The Morgan fingerprint density at radius 3 is 3.00 bits per heavy atom. The normalized spacial score (nSPS) is 9.70. The second kappa shape index (κ2) is 2.51. The van der Waals surface area contributed by atoms with Gasteiger partial charge in [-0.2, -0.15) is 0 Å². The SMILES string of the molecule is Cc1cnc(CC(N)=O)[nH]1. The molecule has 3 N–H and O–H groups in total. The zero-order valence-electron chi connectivity index (χ0n) is 5.72. The Hall–Kier alpha value is -1.32. The lowest BCUT2D eigenvalue weighted by Crippen LogP contribution is -2.14. The van der Waals surface area contributed by atoms with Crippen LogP contribution in [0.4, 0.5) is 0 Å². The van der Waals surface area contributed by atoms with Crippen LogP contribution in [0, 0.1) is 6.92 Å². The number of carbonyl (C=O) groups excluding carboxylic acids is 1. The summed E-state index contributed by atoms with van der Waals surface area (Å²) >= 11 is 0. The third-order valence-corrected chi connectivity index (χ3v) is 1.10. The van der Waals surface area contributed by atoms with E-state index in [0.717, 1.165) is 5.69 Å². The van der Waals surface area contributed by atoms with Crippen molar-refractivity contribution in [3.8, 4) is 0 Å². The van der Waals surface area contributed by atoms with E-state index in [-0.39, 0.29) is 12.3 Å². The van der Waals surface area contributed by atoms with E-state index in [1.54, 1.807) is 6.20 Å². The van der Waals surface area contributed by atoms with Gasteiger partial charge in [0.05, 0.1) is 6.42 Å². The van der Waals surface area contributed by atoms with Crippen molar-refractivity contribution in [2.45, 2.75) is 13.3 Å². The van der Waals surface area contributed by atoms with Crippen LogP contribution < -0.4 is 5.73 Å². The number of hydrogen-bond acceptors (Lipinski definition) is 2. The smallest absolute Gasteiger partial charge is 0.225 e. The number of amides is 1. The van der Waals surface area contributed by atoms with Crippen LogP contribution in [-0.4, -0.2) is 15.9 Å². The molecule has 0 bridgehead atoms. The molecular formula is C6H9N3O. The van der Waals surface area contributed by atoms with Crippen molar-refractivity contribution in [2.75, 3.05) is 0 Å². The number of primary amides is 1. The number of aromatic amines is 1. The van der Waals surface area contributed by atoms with Crippen LogP contribution in [0.15, 0.2) is 6.20 Å². The first-order valence-corrected chi connectivity index (χ1v) is 2.97. The minimum atomic E-state index is -0.366. The van der Waals surface area contributed by atoms with E-state index < -0.39 is 0 Å². The molecule has 0 saturated carbocycles. The summed E-state index contributed by atoms with van der Waals surface area (Å²) in [4.78, 5) is 17.1. The Kier molecular flexibility index (Phi) is 1.71. The maximum atomic E-state index is 10.3. The minimum Gasteiger partial charge on any atom is -0.369 e. The molecule has 1 amide bonds. The van der Waals surface area contributed by atoms with Gasteiger partial charge in [-0.15, -0.1) is 0 Å². The summed E-state index contributed by atoms with van der Waals surface area (Å²) in [6.07, 6.45) is 1.85. The zero-order valence-corrected chi connectivity index (χ0v) is 5.72. The molecule has 4 heteroatoms. The van der Waals surface area contributed by atoms with E-state index in [1.807, 2.05) is 6.92 Å². The molecule has 0 aliphatic rings. The molecule has 0 aliphatic heterocycles. The molecule has 0 spiro atoms. The van der Waals surface area contributed by atoms with Gasteiger partial charge in [0.1, 0.15) is 5.82 Å². The van der Waals surface area contributed by atoms with E-state index in [1.165, 1.54) is 0 Å². The average Bonchev–Trinajstić information content (AvgIpc) is 2.13. The summed E-state index contributed by atoms with van der Waals surface area (Å²) in [6.45, 7) is 1.87. The van der Waals surface area contributed by atoms with Crippen molar-refractivity contribution in [1.82, 2.24) is 9.97 Å². The van der Waals surface area contributed by atoms with Gasteiger partial charge in [-0.3, -0.25) is 4.79 Å². The molecule has 0 atom stereocenters. The number of imidazole rings is 1. The number of nitrogens with zero attached hydrogens (tertiary/aromatic N) is 1. The Morgan fingerprint density at radius 2 is 2.60 bits per heavy atom. The number of H-pyrrole nitrogens is 1. The van der Waals surface area contributed by atoms with Crippen molar-refractivity contribution < 1.29 is 4.79 Å². The Bertz CT molecular complexity index is 241. The zero-order chi connectivity index (χ0) is 7.56. The molecule has 0 aromatic carbocycles. The summed E-state index contributed by atoms with van der Waals surface area (Å²) in [5, 5.41) is 0. The van der Waals surface area contributed by atoms with Crippen molar-refractivity contribution in [3.05, 3.63) is 17.7 Å². The summed E-state index contributed by atoms with van der Waals surface area (Å²) < 4.78 is 0. The van der Waals surface area contributed by atoms with Crippen molar-refractivity contribution in [3.63, 3.8) is 0 Å². The maximum Gasteiger partial charge on any atom is 0.225 e. The van der Waals surface area contributed by atoms with Crippen molar-refractivity contribution in [2.24, 2.45) is 5.73 Å². The molecule has 0 fully saturated rings. The van der Waals surface area contributed by atoms with E-state index >= 15 is 0 Å². The highest BCUT2D eigenvalue weighted by Crippen LogP contribution is 1.94. The fourth-order valence-electron chi connectivity index (χ4n) is 0.722. The molecule has 0 radical (unpaired) electrons. The van der Waals surface area contributed by atoms with E-state index in [9.17, 15) is 4.79 Å². The van der Waals surface area contributed by atoms with Gasteiger partial charge in [0.15, 0.2) is 0 Å². The predicted octanol–water partition coefficient (Wildman–Crippen LogP) is -0.254. The van der Waals surface area contributed by atoms with E-state index in [2.05, 4.69) is 9.97 Å². The average molecular weight is 139 g/mol.